The molecule has 0 saturated carbocycles. The molecule has 196 valence electrons. The summed E-state index contributed by atoms with van der Waals surface area (Å²) in [4.78, 5) is 40.1. The third-order valence-corrected chi connectivity index (χ3v) is 5.81. The summed E-state index contributed by atoms with van der Waals surface area (Å²) in [7, 11) is 0. The van der Waals surface area contributed by atoms with Crippen LogP contribution in [-0.2, 0) is 20.9 Å². The van der Waals surface area contributed by atoms with Gasteiger partial charge in [-0.3, -0.25) is 9.36 Å². The lowest BCUT2D eigenvalue weighted by Crippen LogP contribution is -2.38. The highest BCUT2D eigenvalue weighted by Crippen LogP contribution is 2.40. The molecule has 2 heterocycles. The van der Waals surface area contributed by atoms with Gasteiger partial charge in [-0.2, -0.15) is 0 Å². The molecule has 0 aliphatic carbocycles. The molecule has 1 atom stereocenters. The molecule has 1 fully saturated rings. The SMILES string of the molecule is CC(C)(C)OC(=O)N1C(=O)CCC1c1cn(C(=O)OC(C)(C)C)c2ccc(OCc3ccccc3)cc12. The van der Waals surface area contributed by atoms with Gasteiger partial charge in [-0.25, -0.2) is 14.5 Å². The van der Waals surface area contributed by atoms with Gasteiger partial charge in [0.05, 0.1) is 11.6 Å². The van der Waals surface area contributed by atoms with Gasteiger partial charge >= 0.3 is 12.2 Å². The summed E-state index contributed by atoms with van der Waals surface area (Å²) in [6.45, 7) is 11.0. The van der Waals surface area contributed by atoms with Gasteiger partial charge in [0, 0.05) is 23.6 Å². The minimum Gasteiger partial charge on any atom is -0.489 e. The van der Waals surface area contributed by atoms with Crippen LogP contribution in [0, 0.1) is 0 Å². The number of rotatable bonds is 4. The van der Waals surface area contributed by atoms with Gasteiger partial charge in [0.15, 0.2) is 0 Å². The molecule has 0 spiro atoms. The third kappa shape index (κ3) is 6.13. The Labute approximate surface area is 217 Å². The molecule has 3 aromatic rings. The van der Waals surface area contributed by atoms with E-state index in [2.05, 4.69) is 0 Å². The van der Waals surface area contributed by atoms with E-state index in [9.17, 15) is 14.4 Å². The van der Waals surface area contributed by atoms with Crippen molar-refractivity contribution in [1.29, 1.82) is 0 Å². The van der Waals surface area contributed by atoms with Crippen LogP contribution in [0.3, 0.4) is 0 Å². The first-order chi connectivity index (χ1) is 17.3. The van der Waals surface area contributed by atoms with Crippen molar-refractivity contribution in [3.05, 3.63) is 65.9 Å². The van der Waals surface area contributed by atoms with E-state index in [1.807, 2.05) is 36.4 Å². The maximum atomic E-state index is 13.1. The van der Waals surface area contributed by atoms with E-state index in [4.69, 9.17) is 14.2 Å². The topological polar surface area (TPSA) is 87.1 Å². The van der Waals surface area contributed by atoms with Crippen LogP contribution in [0.15, 0.2) is 54.7 Å². The van der Waals surface area contributed by atoms with E-state index in [0.717, 1.165) is 10.5 Å². The molecule has 1 saturated heterocycles. The Balaban J connectivity index is 1.75. The number of amides is 2. The normalized spacial score (nSPS) is 16.2. The predicted octanol–water partition coefficient (Wildman–Crippen LogP) is 6.60. The molecule has 8 heteroatoms. The summed E-state index contributed by atoms with van der Waals surface area (Å²) < 4.78 is 18.6. The van der Waals surface area contributed by atoms with Gasteiger partial charge in [-0.15, -0.1) is 0 Å². The van der Waals surface area contributed by atoms with E-state index in [-0.39, 0.29) is 12.3 Å². The number of benzene rings is 2. The highest BCUT2D eigenvalue weighted by Gasteiger charge is 2.41. The first-order valence-electron chi connectivity index (χ1n) is 12.4. The quantitative estimate of drug-likeness (QED) is 0.396. The minimum atomic E-state index is -0.756. The van der Waals surface area contributed by atoms with Crippen LogP contribution < -0.4 is 4.74 Å². The standard InChI is InChI=1S/C29H34N2O6/c1-28(2,3)36-26(33)30-17-22(24-14-15-25(32)31(24)27(34)37-29(4,5)6)21-16-20(12-13-23(21)30)35-18-19-10-8-7-9-11-19/h7-13,16-17,24H,14-15,18H2,1-6H3. The molecule has 2 aromatic carbocycles. The number of carbonyl (C=O) groups excluding carboxylic acids is 3. The number of likely N-dealkylation sites (tertiary alicyclic amines) is 1. The van der Waals surface area contributed by atoms with Crippen molar-refractivity contribution in [3.63, 3.8) is 0 Å². The van der Waals surface area contributed by atoms with Crippen LogP contribution in [-0.4, -0.2) is 38.8 Å². The second-order valence-electron chi connectivity index (χ2n) is 11.2. The number of hydrogen-bond acceptors (Lipinski definition) is 6. The third-order valence-electron chi connectivity index (χ3n) is 5.81. The largest absolute Gasteiger partial charge is 0.489 e. The lowest BCUT2D eigenvalue weighted by Gasteiger charge is -2.27. The summed E-state index contributed by atoms with van der Waals surface area (Å²) >= 11 is 0. The molecule has 2 amide bonds. The molecule has 0 radical (unpaired) electrons. The van der Waals surface area contributed by atoms with Gasteiger partial charge < -0.3 is 14.2 Å². The van der Waals surface area contributed by atoms with Crippen LogP contribution in [0.25, 0.3) is 10.9 Å². The number of hydrogen-bond donors (Lipinski definition) is 0. The van der Waals surface area contributed by atoms with E-state index in [1.54, 1.807) is 59.9 Å². The second-order valence-corrected chi connectivity index (χ2v) is 11.2. The molecule has 1 aliphatic heterocycles. The fourth-order valence-electron chi connectivity index (χ4n) is 4.31. The van der Waals surface area contributed by atoms with Gasteiger partial charge in [-0.05, 0) is 71.7 Å². The molecular formula is C29H34N2O6. The Kier molecular flexibility index (Phi) is 7.04. The van der Waals surface area contributed by atoms with Crippen molar-refractivity contribution in [2.45, 2.75) is 78.2 Å². The molecule has 4 rings (SSSR count). The molecule has 1 aromatic heterocycles. The van der Waals surface area contributed by atoms with Crippen LogP contribution in [0.1, 0.15) is 71.6 Å². The number of nitrogens with zero attached hydrogens (tertiary/aromatic N) is 2. The number of carbonyl (C=O) groups is 3. The zero-order valence-electron chi connectivity index (χ0n) is 22.2. The Bertz CT molecular complexity index is 1310. The summed E-state index contributed by atoms with van der Waals surface area (Å²) in [6, 6.07) is 14.6. The van der Waals surface area contributed by atoms with Crippen LogP contribution in [0.2, 0.25) is 0 Å². The van der Waals surface area contributed by atoms with E-state index in [1.165, 1.54) is 4.57 Å². The van der Waals surface area contributed by atoms with Gasteiger partial charge in [0.25, 0.3) is 0 Å². The first kappa shape index (κ1) is 26.3. The zero-order valence-corrected chi connectivity index (χ0v) is 22.2. The van der Waals surface area contributed by atoms with Crippen molar-refractivity contribution in [3.8, 4) is 5.75 Å². The average molecular weight is 507 g/mol. The molecular weight excluding hydrogens is 472 g/mol. The van der Waals surface area contributed by atoms with Crippen LogP contribution in [0.5, 0.6) is 5.75 Å². The number of ether oxygens (including phenoxy) is 3. The Morgan fingerprint density at radius 1 is 0.919 bits per heavy atom. The van der Waals surface area contributed by atoms with E-state index >= 15 is 0 Å². The summed E-state index contributed by atoms with van der Waals surface area (Å²) in [5.41, 5.74) is 0.820. The highest BCUT2D eigenvalue weighted by molar-refractivity contribution is 5.97. The van der Waals surface area contributed by atoms with Crippen molar-refractivity contribution in [2.24, 2.45) is 0 Å². The minimum absolute atomic E-state index is 0.202. The molecule has 8 nitrogen and oxygen atoms in total. The smallest absolute Gasteiger partial charge is 0.419 e. The Hall–Kier alpha value is -3.81. The molecule has 0 bridgehead atoms. The maximum Gasteiger partial charge on any atom is 0.419 e. The first-order valence-corrected chi connectivity index (χ1v) is 12.4. The van der Waals surface area contributed by atoms with E-state index in [0.29, 0.717) is 35.2 Å². The summed E-state index contributed by atoms with van der Waals surface area (Å²) in [5, 5.41) is 0.699. The van der Waals surface area contributed by atoms with Gasteiger partial charge in [0.2, 0.25) is 5.91 Å². The highest BCUT2D eigenvalue weighted by atomic mass is 16.6. The monoisotopic (exact) mass is 506 g/mol. The van der Waals surface area contributed by atoms with Crippen LogP contribution >= 0.6 is 0 Å². The fraction of sp³-hybridized carbons (Fsp3) is 0.414. The lowest BCUT2D eigenvalue weighted by atomic mass is 10.0. The molecule has 1 unspecified atom stereocenters. The second kappa shape index (κ2) is 9.92. The maximum absolute atomic E-state index is 13.1. The summed E-state index contributed by atoms with van der Waals surface area (Å²) in [5.74, 6) is 0.293. The number of aromatic nitrogens is 1. The van der Waals surface area contributed by atoms with Crippen molar-refractivity contribution in [2.75, 3.05) is 0 Å². The predicted molar refractivity (Wildman–Crippen MR) is 139 cm³/mol. The molecule has 1 aliphatic rings. The number of fused-ring (bicyclic) bond motifs is 1. The zero-order chi connectivity index (χ0) is 27.0. The van der Waals surface area contributed by atoms with Gasteiger partial charge in [-0.1, -0.05) is 30.3 Å². The Morgan fingerprint density at radius 2 is 1.57 bits per heavy atom. The average Bonchev–Trinajstić information content (AvgIpc) is 3.36. The summed E-state index contributed by atoms with van der Waals surface area (Å²) in [6.07, 6.45) is 1.03. The number of imide groups is 1. The van der Waals surface area contributed by atoms with Crippen molar-refractivity contribution in [1.82, 2.24) is 9.47 Å². The molecule has 37 heavy (non-hydrogen) atoms. The molecule has 0 N–H and O–H groups in total. The van der Waals surface area contributed by atoms with Crippen LogP contribution in [0.4, 0.5) is 9.59 Å². The fourth-order valence-corrected chi connectivity index (χ4v) is 4.31. The van der Waals surface area contributed by atoms with Gasteiger partial charge in [0.1, 0.15) is 23.6 Å². The van der Waals surface area contributed by atoms with Crippen molar-refractivity contribution < 1.29 is 28.6 Å². The van der Waals surface area contributed by atoms with Crippen molar-refractivity contribution >= 4 is 29.0 Å². The van der Waals surface area contributed by atoms with E-state index < -0.39 is 29.4 Å². The lowest BCUT2D eigenvalue weighted by molar-refractivity contribution is -0.128. The Morgan fingerprint density at radius 3 is 2.22 bits per heavy atom.